The molecule has 3 aliphatic rings. The number of halogens is 1. The van der Waals surface area contributed by atoms with Crippen LogP contribution in [-0.4, -0.2) is 72.3 Å². The Morgan fingerprint density at radius 1 is 1.03 bits per heavy atom. The Balaban J connectivity index is 1.38. The van der Waals surface area contributed by atoms with Gasteiger partial charge in [0, 0.05) is 49.5 Å². The standard InChI is InChI=1S/C25H37FN4O3/c1-3-13-27-24(31)29(19-7-5-18(26)6-8-19)20-11-14-28(15-12-20)23-16-21-9-10-22(17-23)30(21)25(32)33-4-2/h5-8,20-23H,3-4,9-17H2,1-2H3,(H,27,31). The topological polar surface area (TPSA) is 65.1 Å². The van der Waals surface area contributed by atoms with Crippen LogP contribution in [0.25, 0.3) is 0 Å². The Bertz CT molecular complexity index is 798. The van der Waals surface area contributed by atoms with Crippen LogP contribution in [0.4, 0.5) is 19.7 Å². The van der Waals surface area contributed by atoms with Gasteiger partial charge in [0.25, 0.3) is 0 Å². The van der Waals surface area contributed by atoms with Gasteiger partial charge in [-0.25, -0.2) is 14.0 Å². The third-order valence-corrected chi connectivity index (χ3v) is 7.42. The largest absolute Gasteiger partial charge is 0.450 e. The highest BCUT2D eigenvalue weighted by atomic mass is 19.1. The second-order valence-corrected chi connectivity index (χ2v) is 9.46. The van der Waals surface area contributed by atoms with Crippen LogP contribution in [0.3, 0.4) is 0 Å². The van der Waals surface area contributed by atoms with E-state index in [9.17, 15) is 14.0 Å². The zero-order chi connectivity index (χ0) is 23.4. The van der Waals surface area contributed by atoms with Crippen LogP contribution in [0.15, 0.2) is 24.3 Å². The highest BCUT2D eigenvalue weighted by Crippen LogP contribution is 2.39. The number of benzene rings is 1. The van der Waals surface area contributed by atoms with Crippen LogP contribution in [0.5, 0.6) is 0 Å². The zero-order valence-electron chi connectivity index (χ0n) is 19.8. The van der Waals surface area contributed by atoms with Crippen molar-refractivity contribution in [2.24, 2.45) is 0 Å². The molecule has 182 valence electrons. The molecule has 4 rings (SSSR count). The molecule has 0 aliphatic carbocycles. The van der Waals surface area contributed by atoms with Gasteiger partial charge in [-0.05, 0) is 76.1 Å². The maximum atomic E-state index is 13.5. The number of ether oxygens (including phenoxy) is 1. The third kappa shape index (κ3) is 5.26. The molecule has 3 fully saturated rings. The lowest BCUT2D eigenvalue weighted by Crippen LogP contribution is -2.56. The highest BCUT2D eigenvalue weighted by Gasteiger charge is 2.46. The normalized spacial score (nSPS) is 25.7. The molecule has 33 heavy (non-hydrogen) atoms. The lowest BCUT2D eigenvalue weighted by molar-refractivity contribution is 0.0343. The first-order valence-electron chi connectivity index (χ1n) is 12.5. The minimum atomic E-state index is -0.300. The third-order valence-electron chi connectivity index (χ3n) is 7.42. The van der Waals surface area contributed by atoms with E-state index in [0.29, 0.717) is 19.2 Å². The summed E-state index contributed by atoms with van der Waals surface area (Å²) in [5.41, 5.74) is 0.740. The van der Waals surface area contributed by atoms with Gasteiger partial charge in [-0.3, -0.25) is 4.90 Å². The molecule has 3 aliphatic heterocycles. The van der Waals surface area contributed by atoms with Crippen molar-refractivity contribution in [3.05, 3.63) is 30.1 Å². The monoisotopic (exact) mass is 460 g/mol. The summed E-state index contributed by atoms with van der Waals surface area (Å²) in [6.07, 6.45) is 6.59. The zero-order valence-corrected chi connectivity index (χ0v) is 19.8. The number of fused-ring (bicyclic) bond motifs is 2. The van der Waals surface area contributed by atoms with Crippen molar-refractivity contribution in [1.29, 1.82) is 0 Å². The van der Waals surface area contributed by atoms with Gasteiger partial charge in [0.15, 0.2) is 0 Å². The number of carbonyl (C=O) groups excluding carboxylic acids is 2. The lowest BCUT2D eigenvalue weighted by atomic mass is 9.93. The van der Waals surface area contributed by atoms with Crippen molar-refractivity contribution in [3.63, 3.8) is 0 Å². The van der Waals surface area contributed by atoms with Crippen molar-refractivity contribution in [2.45, 2.75) is 83.0 Å². The Morgan fingerprint density at radius 3 is 2.24 bits per heavy atom. The first kappa shape index (κ1) is 23.8. The van der Waals surface area contributed by atoms with E-state index in [-0.39, 0.29) is 36.1 Å². The minimum Gasteiger partial charge on any atom is -0.450 e. The summed E-state index contributed by atoms with van der Waals surface area (Å²) in [6.45, 7) is 6.77. The van der Waals surface area contributed by atoms with Crippen LogP contribution in [-0.2, 0) is 4.74 Å². The number of anilines is 1. The number of rotatable bonds is 6. The number of piperidine rings is 2. The molecule has 0 saturated carbocycles. The maximum absolute atomic E-state index is 13.5. The van der Waals surface area contributed by atoms with E-state index in [1.807, 2.05) is 23.6 Å². The van der Waals surface area contributed by atoms with Crippen LogP contribution >= 0.6 is 0 Å². The molecule has 3 amide bonds. The number of amides is 3. The van der Waals surface area contributed by atoms with E-state index in [1.165, 1.54) is 12.1 Å². The van der Waals surface area contributed by atoms with Gasteiger partial charge in [-0.1, -0.05) is 6.92 Å². The Morgan fingerprint density at radius 2 is 1.67 bits per heavy atom. The van der Waals surface area contributed by atoms with E-state index >= 15 is 0 Å². The van der Waals surface area contributed by atoms with Crippen molar-refractivity contribution < 1.29 is 18.7 Å². The molecule has 0 aromatic heterocycles. The summed E-state index contributed by atoms with van der Waals surface area (Å²) in [6, 6.07) is 7.22. The molecule has 2 atom stereocenters. The molecule has 3 saturated heterocycles. The quantitative estimate of drug-likeness (QED) is 0.685. The summed E-state index contributed by atoms with van der Waals surface area (Å²) >= 11 is 0. The van der Waals surface area contributed by atoms with E-state index in [4.69, 9.17) is 4.74 Å². The number of nitrogens with one attached hydrogen (secondary N) is 1. The average molecular weight is 461 g/mol. The number of carbonyl (C=O) groups is 2. The Labute approximate surface area is 196 Å². The van der Waals surface area contributed by atoms with Gasteiger partial charge in [0.2, 0.25) is 0 Å². The minimum absolute atomic E-state index is 0.0833. The molecule has 7 nitrogen and oxygen atoms in total. The molecule has 8 heteroatoms. The van der Waals surface area contributed by atoms with Gasteiger partial charge in [0.1, 0.15) is 5.82 Å². The number of nitrogens with zero attached hydrogens (tertiary/aromatic N) is 3. The fraction of sp³-hybridized carbons (Fsp3) is 0.680. The molecular formula is C25H37FN4O3. The molecule has 0 radical (unpaired) electrons. The predicted molar refractivity (Wildman–Crippen MR) is 126 cm³/mol. The van der Waals surface area contributed by atoms with Gasteiger partial charge in [-0.15, -0.1) is 0 Å². The first-order chi connectivity index (χ1) is 16.0. The van der Waals surface area contributed by atoms with Crippen molar-refractivity contribution in [3.8, 4) is 0 Å². The number of likely N-dealkylation sites (tertiary alicyclic amines) is 1. The fourth-order valence-corrected chi connectivity index (χ4v) is 5.86. The summed E-state index contributed by atoms with van der Waals surface area (Å²) in [5, 5.41) is 2.99. The van der Waals surface area contributed by atoms with E-state index in [1.54, 1.807) is 12.1 Å². The van der Waals surface area contributed by atoms with Gasteiger partial charge in [0.05, 0.1) is 6.61 Å². The molecule has 0 spiro atoms. The molecule has 1 aromatic carbocycles. The molecular weight excluding hydrogens is 423 g/mol. The van der Waals surface area contributed by atoms with E-state index < -0.39 is 0 Å². The second-order valence-electron chi connectivity index (χ2n) is 9.46. The molecule has 1 aromatic rings. The molecule has 2 unspecified atom stereocenters. The number of urea groups is 1. The predicted octanol–water partition coefficient (Wildman–Crippen LogP) is 4.37. The van der Waals surface area contributed by atoms with Crippen molar-refractivity contribution >= 4 is 17.8 Å². The summed E-state index contributed by atoms with van der Waals surface area (Å²) in [7, 11) is 0. The smallest absolute Gasteiger partial charge is 0.410 e. The second kappa shape index (κ2) is 10.7. The number of hydrogen-bond donors (Lipinski definition) is 1. The van der Waals surface area contributed by atoms with Crippen LogP contribution in [0.2, 0.25) is 0 Å². The highest BCUT2D eigenvalue weighted by molar-refractivity contribution is 5.92. The maximum Gasteiger partial charge on any atom is 0.410 e. The molecule has 3 heterocycles. The van der Waals surface area contributed by atoms with E-state index in [0.717, 1.165) is 63.7 Å². The SMILES string of the molecule is CCCNC(=O)N(c1ccc(F)cc1)C1CCN(C2CC3CCC(C2)N3C(=O)OCC)CC1. The fourth-order valence-electron chi connectivity index (χ4n) is 5.86. The Hall–Kier alpha value is -2.35. The lowest BCUT2D eigenvalue weighted by Gasteiger charge is -2.46. The first-order valence-corrected chi connectivity index (χ1v) is 12.5. The average Bonchev–Trinajstić information content (AvgIpc) is 3.09. The Kier molecular flexibility index (Phi) is 7.73. The summed E-state index contributed by atoms with van der Waals surface area (Å²) in [4.78, 5) is 31.7. The van der Waals surface area contributed by atoms with Crippen molar-refractivity contribution in [1.82, 2.24) is 15.1 Å². The van der Waals surface area contributed by atoms with Gasteiger partial charge >= 0.3 is 12.1 Å². The molecule has 1 N–H and O–H groups in total. The van der Waals surface area contributed by atoms with Crippen LogP contribution in [0.1, 0.15) is 58.8 Å². The summed E-state index contributed by atoms with van der Waals surface area (Å²) in [5.74, 6) is -0.300. The van der Waals surface area contributed by atoms with Crippen LogP contribution in [0, 0.1) is 5.82 Å². The summed E-state index contributed by atoms with van der Waals surface area (Å²) < 4.78 is 18.8. The van der Waals surface area contributed by atoms with Gasteiger partial charge in [-0.2, -0.15) is 0 Å². The van der Waals surface area contributed by atoms with Crippen molar-refractivity contribution in [2.75, 3.05) is 31.1 Å². The van der Waals surface area contributed by atoms with Crippen LogP contribution < -0.4 is 10.2 Å². The number of hydrogen-bond acceptors (Lipinski definition) is 4. The molecule has 2 bridgehead atoms. The van der Waals surface area contributed by atoms with Gasteiger partial charge < -0.3 is 19.9 Å². The van der Waals surface area contributed by atoms with E-state index in [2.05, 4.69) is 10.2 Å².